The molecule has 0 spiro atoms. The van der Waals surface area contributed by atoms with Crippen LogP contribution in [0.15, 0.2) is 48.5 Å². The van der Waals surface area contributed by atoms with Gasteiger partial charge in [0.05, 0.1) is 5.02 Å². The van der Waals surface area contributed by atoms with Gasteiger partial charge in [0.1, 0.15) is 0 Å². The lowest BCUT2D eigenvalue weighted by atomic mass is 9.97. The van der Waals surface area contributed by atoms with Gasteiger partial charge in [-0.15, -0.1) is 0 Å². The molecule has 2 heteroatoms. The van der Waals surface area contributed by atoms with Crippen LogP contribution in [0.3, 0.4) is 0 Å². The van der Waals surface area contributed by atoms with Crippen molar-refractivity contribution < 1.29 is 0 Å². The van der Waals surface area contributed by atoms with Crippen molar-refractivity contribution in [3.05, 3.63) is 59.1 Å². The first-order chi connectivity index (χ1) is 8.33. The van der Waals surface area contributed by atoms with E-state index < -0.39 is 0 Å². The highest BCUT2D eigenvalue weighted by Crippen LogP contribution is 2.35. The van der Waals surface area contributed by atoms with Crippen molar-refractivity contribution in [3.63, 3.8) is 0 Å². The summed E-state index contributed by atoms with van der Waals surface area (Å²) >= 11 is 6.46. The van der Waals surface area contributed by atoms with Gasteiger partial charge in [-0.2, -0.15) is 0 Å². The molecule has 2 N–H and O–H groups in total. The number of fused-ring (bicyclic) bond motifs is 2. The summed E-state index contributed by atoms with van der Waals surface area (Å²) in [5, 5.41) is 5.27. The molecule has 0 unspecified atom stereocenters. The SMILES string of the molecule is NCc1c2ccccc2c(Cl)c2ccccc12. The normalized spacial score (nSPS) is 11.2. The second kappa shape index (κ2) is 4.02. The molecule has 84 valence electrons. The van der Waals surface area contributed by atoms with E-state index in [0.717, 1.165) is 26.6 Å². The Labute approximate surface area is 105 Å². The molecule has 0 saturated carbocycles. The van der Waals surface area contributed by atoms with Crippen molar-refractivity contribution >= 4 is 33.1 Å². The zero-order valence-corrected chi connectivity index (χ0v) is 10.0. The van der Waals surface area contributed by atoms with Crippen LogP contribution in [0.4, 0.5) is 0 Å². The maximum absolute atomic E-state index is 6.46. The quantitative estimate of drug-likeness (QED) is 0.638. The molecule has 0 aliphatic heterocycles. The van der Waals surface area contributed by atoms with Crippen LogP contribution in [-0.2, 0) is 6.54 Å². The summed E-state index contributed by atoms with van der Waals surface area (Å²) in [6.45, 7) is 0.526. The van der Waals surface area contributed by atoms with Gasteiger partial charge in [-0.1, -0.05) is 60.1 Å². The highest BCUT2D eigenvalue weighted by atomic mass is 35.5. The van der Waals surface area contributed by atoms with E-state index in [1.54, 1.807) is 0 Å². The molecule has 0 aliphatic carbocycles. The molecule has 3 aromatic carbocycles. The van der Waals surface area contributed by atoms with Gasteiger partial charge in [0.25, 0.3) is 0 Å². The van der Waals surface area contributed by atoms with Gasteiger partial charge in [-0.25, -0.2) is 0 Å². The van der Waals surface area contributed by atoms with Gasteiger partial charge in [0.15, 0.2) is 0 Å². The summed E-state index contributed by atoms with van der Waals surface area (Å²) in [6.07, 6.45) is 0. The number of halogens is 1. The third-order valence-electron chi connectivity index (χ3n) is 3.18. The third kappa shape index (κ3) is 1.51. The van der Waals surface area contributed by atoms with Crippen LogP contribution >= 0.6 is 11.6 Å². The van der Waals surface area contributed by atoms with E-state index in [2.05, 4.69) is 12.1 Å². The van der Waals surface area contributed by atoms with Crippen LogP contribution in [0.2, 0.25) is 5.02 Å². The smallest absolute Gasteiger partial charge is 0.0562 e. The van der Waals surface area contributed by atoms with E-state index in [0.29, 0.717) is 6.54 Å². The zero-order chi connectivity index (χ0) is 11.8. The predicted molar refractivity (Wildman–Crippen MR) is 74.4 cm³/mol. The fourth-order valence-electron chi connectivity index (χ4n) is 2.39. The highest BCUT2D eigenvalue weighted by Gasteiger charge is 2.10. The first-order valence-electron chi connectivity index (χ1n) is 5.61. The fraction of sp³-hybridized carbons (Fsp3) is 0.0667. The van der Waals surface area contributed by atoms with Gasteiger partial charge in [0, 0.05) is 17.3 Å². The standard InChI is InChI=1S/C15H12ClN/c16-15-12-7-3-1-5-10(12)14(9-17)11-6-2-4-8-13(11)15/h1-8H,9,17H2. The minimum absolute atomic E-state index is 0.526. The molecule has 0 radical (unpaired) electrons. The Bertz CT molecular complexity index is 647. The second-order valence-electron chi connectivity index (χ2n) is 4.09. The lowest BCUT2D eigenvalue weighted by molar-refractivity contribution is 1.10. The molecule has 1 nitrogen and oxygen atoms in total. The molecule has 0 atom stereocenters. The molecule has 3 aromatic rings. The van der Waals surface area contributed by atoms with Gasteiger partial charge < -0.3 is 5.73 Å². The molecule has 0 saturated heterocycles. The van der Waals surface area contributed by atoms with E-state index in [9.17, 15) is 0 Å². The molecule has 0 bridgehead atoms. The van der Waals surface area contributed by atoms with Crippen LogP contribution in [0, 0.1) is 0 Å². The summed E-state index contributed by atoms with van der Waals surface area (Å²) in [7, 11) is 0. The minimum Gasteiger partial charge on any atom is -0.326 e. The van der Waals surface area contributed by atoms with Crippen LogP contribution < -0.4 is 5.73 Å². The van der Waals surface area contributed by atoms with E-state index in [4.69, 9.17) is 17.3 Å². The van der Waals surface area contributed by atoms with E-state index >= 15 is 0 Å². The maximum Gasteiger partial charge on any atom is 0.0562 e. The van der Waals surface area contributed by atoms with Crippen molar-refractivity contribution in [1.82, 2.24) is 0 Å². The van der Waals surface area contributed by atoms with Crippen LogP contribution in [0.5, 0.6) is 0 Å². The minimum atomic E-state index is 0.526. The highest BCUT2D eigenvalue weighted by molar-refractivity contribution is 6.41. The largest absolute Gasteiger partial charge is 0.326 e. The second-order valence-corrected chi connectivity index (χ2v) is 4.47. The Morgan fingerprint density at radius 2 is 1.18 bits per heavy atom. The number of rotatable bonds is 1. The fourth-order valence-corrected chi connectivity index (χ4v) is 2.72. The zero-order valence-electron chi connectivity index (χ0n) is 9.28. The van der Waals surface area contributed by atoms with E-state index in [1.165, 1.54) is 5.56 Å². The molecule has 0 aliphatic rings. The van der Waals surface area contributed by atoms with Gasteiger partial charge in [0.2, 0.25) is 0 Å². The third-order valence-corrected chi connectivity index (χ3v) is 3.59. The number of nitrogens with two attached hydrogens (primary N) is 1. The topological polar surface area (TPSA) is 26.0 Å². The lowest BCUT2D eigenvalue weighted by Gasteiger charge is -2.11. The monoisotopic (exact) mass is 241 g/mol. The van der Waals surface area contributed by atoms with Crippen molar-refractivity contribution in [3.8, 4) is 0 Å². The molecular weight excluding hydrogens is 230 g/mol. The first-order valence-corrected chi connectivity index (χ1v) is 5.98. The Balaban J connectivity index is 2.63. The van der Waals surface area contributed by atoms with E-state index in [1.807, 2.05) is 36.4 Å². The first kappa shape index (κ1) is 10.6. The van der Waals surface area contributed by atoms with Crippen molar-refractivity contribution in [2.45, 2.75) is 6.54 Å². The van der Waals surface area contributed by atoms with Crippen molar-refractivity contribution in [1.29, 1.82) is 0 Å². The Hall–Kier alpha value is -1.57. The summed E-state index contributed by atoms with van der Waals surface area (Å²) in [5.74, 6) is 0. The molecule has 0 aromatic heterocycles. The summed E-state index contributed by atoms with van der Waals surface area (Å²) in [4.78, 5) is 0. The molecular formula is C15H12ClN. The number of hydrogen-bond acceptors (Lipinski definition) is 1. The number of hydrogen-bond donors (Lipinski definition) is 1. The van der Waals surface area contributed by atoms with Crippen LogP contribution in [0.25, 0.3) is 21.5 Å². The Morgan fingerprint density at radius 1 is 0.765 bits per heavy atom. The van der Waals surface area contributed by atoms with Gasteiger partial charge in [-0.3, -0.25) is 0 Å². The maximum atomic E-state index is 6.46. The van der Waals surface area contributed by atoms with Crippen LogP contribution in [-0.4, -0.2) is 0 Å². The Morgan fingerprint density at radius 3 is 1.59 bits per heavy atom. The average molecular weight is 242 g/mol. The molecule has 17 heavy (non-hydrogen) atoms. The lowest BCUT2D eigenvalue weighted by Crippen LogP contribution is -1.99. The number of benzene rings is 3. The van der Waals surface area contributed by atoms with E-state index in [-0.39, 0.29) is 0 Å². The van der Waals surface area contributed by atoms with Crippen LogP contribution in [0.1, 0.15) is 5.56 Å². The van der Waals surface area contributed by atoms with Gasteiger partial charge in [-0.05, 0) is 16.3 Å². The summed E-state index contributed by atoms with van der Waals surface area (Å²) in [5.41, 5.74) is 7.06. The molecule has 0 fully saturated rings. The van der Waals surface area contributed by atoms with Gasteiger partial charge >= 0.3 is 0 Å². The molecule has 3 rings (SSSR count). The molecule has 0 amide bonds. The predicted octanol–water partition coefficient (Wildman–Crippen LogP) is 4.11. The summed E-state index contributed by atoms with van der Waals surface area (Å²) < 4.78 is 0. The van der Waals surface area contributed by atoms with Crippen molar-refractivity contribution in [2.24, 2.45) is 5.73 Å². The molecule has 0 heterocycles. The summed E-state index contributed by atoms with van der Waals surface area (Å²) in [6, 6.07) is 16.3. The average Bonchev–Trinajstić information content (AvgIpc) is 2.40. The van der Waals surface area contributed by atoms with Crippen molar-refractivity contribution in [2.75, 3.05) is 0 Å². The Kier molecular flexibility index (Phi) is 2.50.